The second-order valence-corrected chi connectivity index (χ2v) is 4.87. The predicted molar refractivity (Wildman–Crippen MR) is 73.6 cm³/mol. The Morgan fingerprint density at radius 1 is 1.50 bits per heavy atom. The van der Waals surface area contributed by atoms with Gasteiger partial charge in [0.15, 0.2) is 5.13 Å². The van der Waals surface area contributed by atoms with Crippen LogP contribution in [0.4, 0.5) is 5.13 Å². The number of amides is 1. The molecule has 2 aromatic rings. The normalized spacial score (nSPS) is 10.2. The van der Waals surface area contributed by atoms with E-state index in [1.807, 2.05) is 5.38 Å². The predicted octanol–water partition coefficient (Wildman–Crippen LogP) is 1.61. The molecule has 0 aliphatic heterocycles. The van der Waals surface area contributed by atoms with Gasteiger partial charge < -0.3 is 4.74 Å². The van der Waals surface area contributed by atoms with Crippen molar-refractivity contribution >= 4 is 28.3 Å². The summed E-state index contributed by atoms with van der Waals surface area (Å²) in [6.45, 7) is 0. The first kappa shape index (κ1) is 14.2. The van der Waals surface area contributed by atoms with Crippen LogP contribution in [-0.2, 0) is 16.0 Å². The second kappa shape index (κ2) is 6.80. The summed E-state index contributed by atoms with van der Waals surface area (Å²) < 4.78 is 4.56. The van der Waals surface area contributed by atoms with Crippen molar-refractivity contribution in [3.05, 3.63) is 29.0 Å². The van der Waals surface area contributed by atoms with Crippen LogP contribution in [0, 0.1) is 0 Å². The minimum absolute atomic E-state index is 0.228. The van der Waals surface area contributed by atoms with Gasteiger partial charge in [0.25, 0.3) is 5.91 Å². The number of aromatic amines is 1. The molecule has 0 aliphatic rings. The van der Waals surface area contributed by atoms with Gasteiger partial charge in [0.2, 0.25) is 0 Å². The Kier molecular flexibility index (Phi) is 4.83. The largest absolute Gasteiger partial charge is 0.469 e. The molecule has 0 spiro atoms. The molecule has 2 N–H and O–H groups in total. The van der Waals surface area contributed by atoms with Crippen molar-refractivity contribution in [2.24, 2.45) is 0 Å². The van der Waals surface area contributed by atoms with Crippen LogP contribution in [0.15, 0.2) is 17.8 Å². The molecule has 1 amide bonds. The molecule has 0 radical (unpaired) electrons. The third kappa shape index (κ3) is 3.89. The van der Waals surface area contributed by atoms with E-state index in [1.54, 1.807) is 0 Å². The van der Waals surface area contributed by atoms with Crippen LogP contribution in [0.2, 0.25) is 0 Å². The number of rotatable bonds is 6. The van der Waals surface area contributed by atoms with Gasteiger partial charge in [-0.05, 0) is 12.8 Å². The second-order valence-electron chi connectivity index (χ2n) is 4.01. The average molecular weight is 294 g/mol. The van der Waals surface area contributed by atoms with Crippen LogP contribution >= 0.6 is 11.3 Å². The molecule has 106 valence electrons. The lowest BCUT2D eigenvalue weighted by Gasteiger charge is -1.98. The van der Waals surface area contributed by atoms with Crippen LogP contribution in [0.5, 0.6) is 0 Å². The van der Waals surface area contributed by atoms with Crippen molar-refractivity contribution in [2.75, 3.05) is 12.4 Å². The Morgan fingerprint density at radius 2 is 2.35 bits per heavy atom. The summed E-state index contributed by atoms with van der Waals surface area (Å²) in [5.41, 5.74) is 1.30. The number of ether oxygens (including phenoxy) is 1. The molecule has 0 aromatic carbocycles. The summed E-state index contributed by atoms with van der Waals surface area (Å²) in [6, 6.07) is 0. The molecule has 2 rings (SSSR count). The summed E-state index contributed by atoms with van der Waals surface area (Å²) in [5, 5.41) is 11.4. The van der Waals surface area contributed by atoms with E-state index < -0.39 is 0 Å². The fraction of sp³-hybridized carbons (Fsp3) is 0.333. The molecule has 0 unspecified atom stereocenters. The highest BCUT2D eigenvalue weighted by Crippen LogP contribution is 2.17. The number of aromatic nitrogens is 3. The van der Waals surface area contributed by atoms with Gasteiger partial charge in [0.05, 0.1) is 24.6 Å². The van der Waals surface area contributed by atoms with Gasteiger partial charge in [-0.15, -0.1) is 11.3 Å². The highest BCUT2D eigenvalue weighted by Gasteiger charge is 2.10. The third-order valence-corrected chi connectivity index (χ3v) is 3.38. The molecule has 0 saturated carbocycles. The van der Waals surface area contributed by atoms with Gasteiger partial charge in [-0.2, -0.15) is 5.10 Å². The van der Waals surface area contributed by atoms with E-state index in [9.17, 15) is 9.59 Å². The van der Waals surface area contributed by atoms with Crippen molar-refractivity contribution in [1.29, 1.82) is 0 Å². The number of hydrogen-bond donors (Lipinski definition) is 2. The summed E-state index contributed by atoms with van der Waals surface area (Å²) >= 11 is 1.35. The van der Waals surface area contributed by atoms with Gasteiger partial charge in [0, 0.05) is 18.0 Å². The molecule has 0 bridgehead atoms. The van der Waals surface area contributed by atoms with E-state index in [1.165, 1.54) is 30.8 Å². The first-order chi connectivity index (χ1) is 9.69. The number of anilines is 1. The van der Waals surface area contributed by atoms with Crippen LogP contribution in [-0.4, -0.2) is 34.2 Å². The molecule has 20 heavy (non-hydrogen) atoms. The number of carbonyl (C=O) groups is 2. The smallest absolute Gasteiger partial charge is 0.305 e. The standard InChI is InChI=1S/C12H14N4O3S/c1-19-10(17)4-2-3-9-7-20-12(15-9)16-11(18)8-5-13-14-6-8/h5-7H,2-4H2,1H3,(H,13,14)(H,15,16,18). The van der Waals surface area contributed by atoms with Crippen LogP contribution in [0.25, 0.3) is 0 Å². The Hall–Kier alpha value is -2.22. The third-order valence-electron chi connectivity index (χ3n) is 2.57. The van der Waals surface area contributed by atoms with Gasteiger partial charge in [-0.25, -0.2) is 4.98 Å². The minimum Gasteiger partial charge on any atom is -0.469 e. The molecule has 0 atom stereocenters. The van der Waals surface area contributed by atoms with Crippen molar-refractivity contribution in [3.63, 3.8) is 0 Å². The Labute approximate surface area is 119 Å². The van der Waals surface area contributed by atoms with E-state index in [4.69, 9.17) is 0 Å². The number of methoxy groups -OCH3 is 1. The highest BCUT2D eigenvalue weighted by molar-refractivity contribution is 7.13. The monoisotopic (exact) mass is 294 g/mol. The number of thiazole rings is 1. The molecule has 7 nitrogen and oxygen atoms in total. The summed E-state index contributed by atoms with van der Waals surface area (Å²) in [5.74, 6) is -0.483. The minimum atomic E-state index is -0.255. The van der Waals surface area contributed by atoms with Crippen molar-refractivity contribution < 1.29 is 14.3 Å². The molecule has 2 aromatic heterocycles. The number of H-pyrrole nitrogens is 1. The summed E-state index contributed by atoms with van der Waals surface area (Å²) in [7, 11) is 1.37. The lowest BCUT2D eigenvalue weighted by Crippen LogP contribution is -2.10. The Bertz CT molecular complexity index is 579. The number of esters is 1. The molecule has 0 aliphatic carbocycles. The van der Waals surface area contributed by atoms with Gasteiger partial charge >= 0.3 is 5.97 Å². The maximum atomic E-state index is 11.8. The quantitative estimate of drug-likeness (QED) is 0.789. The van der Waals surface area contributed by atoms with Gasteiger partial charge in [-0.3, -0.25) is 20.0 Å². The Balaban J connectivity index is 1.83. The van der Waals surface area contributed by atoms with Crippen LogP contribution < -0.4 is 5.32 Å². The number of hydrogen-bond acceptors (Lipinski definition) is 6. The lowest BCUT2D eigenvalue weighted by molar-refractivity contribution is -0.140. The first-order valence-electron chi connectivity index (χ1n) is 6.00. The average Bonchev–Trinajstić information content (AvgIpc) is 3.10. The zero-order valence-electron chi connectivity index (χ0n) is 10.9. The fourth-order valence-corrected chi connectivity index (χ4v) is 2.28. The topological polar surface area (TPSA) is 97.0 Å². The van der Waals surface area contributed by atoms with E-state index in [-0.39, 0.29) is 11.9 Å². The van der Waals surface area contributed by atoms with Crippen molar-refractivity contribution in [1.82, 2.24) is 15.2 Å². The molecular formula is C12H14N4O3S. The van der Waals surface area contributed by atoms with E-state index in [2.05, 4.69) is 25.2 Å². The van der Waals surface area contributed by atoms with Crippen LogP contribution in [0.3, 0.4) is 0 Å². The zero-order chi connectivity index (χ0) is 14.4. The fourth-order valence-electron chi connectivity index (χ4n) is 1.54. The number of nitrogens with zero attached hydrogens (tertiary/aromatic N) is 2. The maximum absolute atomic E-state index is 11.8. The maximum Gasteiger partial charge on any atom is 0.305 e. The molecule has 2 heterocycles. The number of carbonyl (C=O) groups excluding carboxylic acids is 2. The van der Waals surface area contributed by atoms with Gasteiger partial charge in [0.1, 0.15) is 0 Å². The SMILES string of the molecule is COC(=O)CCCc1csc(NC(=O)c2cn[nH]c2)n1. The number of nitrogens with one attached hydrogen (secondary N) is 2. The molecule has 0 saturated heterocycles. The molecule has 8 heteroatoms. The van der Waals surface area contributed by atoms with E-state index in [0.717, 1.165) is 5.69 Å². The molecular weight excluding hydrogens is 280 g/mol. The van der Waals surface area contributed by atoms with Gasteiger partial charge in [-0.1, -0.05) is 0 Å². The van der Waals surface area contributed by atoms with Crippen molar-refractivity contribution in [3.8, 4) is 0 Å². The highest BCUT2D eigenvalue weighted by atomic mass is 32.1. The summed E-state index contributed by atoms with van der Waals surface area (Å²) in [4.78, 5) is 27.0. The summed E-state index contributed by atoms with van der Waals surface area (Å²) in [6.07, 6.45) is 4.67. The lowest BCUT2D eigenvalue weighted by atomic mass is 10.2. The van der Waals surface area contributed by atoms with E-state index in [0.29, 0.717) is 30.0 Å². The van der Waals surface area contributed by atoms with E-state index >= 15 is 0 Å². The van der Waals surface area contributed by atoms with Crippen molar-refractivity contribution in [2.45, 2.75) is 19.3 Å². The Morgan fingerprint density at radius 3 is 3.05 bits per heavy atom. The number of aryl methyl sites for hydroxylation is 1. The molecule has 0 fully saturated rings. The first-order valence-corrected chi connectivity index (χ1v) is 6.88. The van der Waals surface area contributed by atoms with Crippen LogP contribution in [0.1, 0.15) is 28.9 Å². The zero-order valence-corrected chi connectivity index (χ0v) is 11.7.